The highest BCUT2D eigenvalue weighted by Crippen LogP contribution is 2.24. The van der Waals surface area contributed by atoms with Gasteiger partial charge in [0.1, 0.15) is 0 Å². The van der Waals surface area contributed by atoms with Crippen LogP contribution < -0.4 is 4.74 Å². The van der Waals surface area contributed by atoms with Gasteiger partial charge in [0.2, 0.25) is 5.88 Å². The van der Waals surface area contributed by atoms with E-state index in [1.807, 2.05) is 27.1 Å². The van der Waals surface area contributed by atoms with Gasteiger partial charge in [0.15, 0.2) is 0 Å². The van der Waals surface area contributed by atoms with Crippen molar-refractivity contribution < 1.29 is 4.74 Å². The van der Waals surface area contributed by atoms with E-state index in [0.717, 1.165) is 5.88 Å². The summed E-state index contributed by atoms with van der Waals surface area (Å²) < 4.78 is 7.39. The Labute approximate surface area is 79.7 Å². The third-order valence-corrected chi connectivity index (χ3v) is 1.79. The van der Waals surface area contributed by atoms with Gasteiger partial charge in [-0.2, -0.15) is 0 Å². The van der Waals surface area contributed by atoms with Crippen molar-refractivity contribution in [2.24, 2.45) is 7.05 Å². The van der Waals surface area contributed by atoms with Gasteiger partial charge in [0, 0.05) is 18.8 Å². The molecule has 1 aromatic heterocycles. The van der Waals surface area contributed by atoms with Crippen LogP contribution in [0.5, 0.6) is 5.88 Å². The lowest BCUT2D eigenvalue weighted by Crippen LogP contribution is -2.07. The SMILES string of the molecule is CC(C)Oc1nn(C)cc1C(C)C. The molecule has 0 atom stereocenters. The van der Waals surface area contributed by atoms with Gasteiger partial charge in [0.25, 0.3) is 0 Å². The summed E-state index contributed by atoms with van der Waals surface area (Å²) in [5.41, 5.74) is 1.18. The van der Waals surface area contributed by atoms with Crippen LogP contribution in [0.3, 0.4) is 0 Å². The molecular weight excluding hydrogens is 164 g/mol. The quantitative estimate of drug-likeness (QED) is 0.717. The van der Waals surface area contributed by atoms with Crippen molar-refractivity contribution in [1.82, 2.24) is 9.78 Å². The van der Waals surface area contributed by atoms with Crippen molar-refractivity contribution in [3.8, 4) is 5.88 Å². The first-order chi connectivity index (χ1) is 6.00. The van der Waals surface area contributed by atoms with Crippen molar-refractivity contribution in [2.75, 3.05) is 0 Å². The van der Waals surface area contributed by atoms with E-state index in [1.165, 1.54) is 5.56 Å². The minimum absolute atomic E-state index is 0.187. The van der Waals surface area contributed by atoms with Gasteiger partial charge < -0.3 is 4.74 Å². The maximum absolute atomic E-state index is 5.60. The van der Waals surface area contributed by atoms with Crippen LogP contribution >= 0.6 is 0 Å². The molecule has 0 N–H and O–H groups in total. The molecule has 74 valence electrons. The molecule has 0 aromatic carbocycles. The highest BCUT2D eigenvalue weighted by molar-refractivity contribution is 5.26. The molecule has 0 aliphatic carbocycles. The van der Waals surface area contributed by atoms with E-state index in [4.69, 9.17) is 4.74 Å². The molecule has 3 heteroatoms. The Bertz CT molecular complexity index is 276. The average molecular weight is 182 g/mol. The highest BCUT2D eigenvalue weighted by Gasteiger charge is 2.13. The first kappa shape index (κ1) is 10.1. The van der Waals surface area contributed by atoms with Crippen molar-refractivity contribution in [2.45, 2.75) is 39.7 Å². The first-order valence-corrected chi connectivity index (χ1v) is 4.71. The standard InChI is InChI=1S/C10H18N2O/c1-7(2)9-6-12(5)11-10(9)13-8(3)4/h6-8H,1-5H3. The zero-order chi connectivity index (χ0) is 10.0. The third-order valence-electron chi connectivity index (χ3n) is 1.79. The maximum atomic E-state index is 5.60. The van der Waals surface area contributed by atoms with E-state index in [1.54, 1.807) is 4.68 Å². The van der Waals surface area contributed by atoms with E-state index in [0.29, 0.717) is 5.92 Å². The zero-order valence-electron chi connectivity index (χ0n) is 9.03. The lowest BCUT2D eigenvalue weighted by atomic mass is 10.1. The summed E-state index contributed by atoms with van der Waals surface area (Å²) in [6.45, 7) is 8.31. The monoisotopic (exact) mass is 182 g/mol. The van der Waals surface area contributed by atoms with Gasteiger partial charge in [-0.1, -0.05) is 13.8 Å². The second-order valence-electron chi connectivity index (χ2n) is 3.88. The third kappa shape index (κ3) is 2.47. The smallest absolute Gasteiger partial charge is 0.236 e. The molecular formula is C10H18N2O. The number of aryl methyl sites for hydroxylation is 1. The molecule has 0 spiro atoms. The number of aromatic nitrogens is 2. The Balaban J connectivity index is 2.91. The van der Waals surface area contributed by atoms with Gasteiger partial charge in [-0.15, -0.1) is 5.10 Å². The second kappa shape index (κ2) is 3.81. The Hall–Kier alpha value is -0.990. The topological polar surface area (TPSA) is 27.1 Å². The van der Waals surface area contributed by atoms with Crippen LogP contribution in [0.2, 0.25) is 0 Å². The minimum Gasteiger partial charge on any atom is -0.474 e. The van der Waals surface area contributed by atoms with Crippen LogP contribution in [0.15, 0.2) is 6.20 Å². The molecule has 0 fully saturated rings. The predicted octanol–water partition coefficient (Wildman–Crippen LogP) is 2.33. The predicted molar refractivity (Wildman–Crippen MR) is 53.1 cm³/mol. The van der Waals surface area contributed by atoms with Crippen LogP contribution in [0, 0.1) is 0 Å². The summed E-state index contributed by atoms with van der Waals surface area (Å²) >= 11 is 0. The summed E-state index contributed by atoms with van der Waals surface area (Å²) in [6.07, 6.45) is 2.20. The fourth-order valence-corrected chi connectivity index (χ4v) is 1.20. The van der Waals surface area contributed by atoms with Crippen LogP contribution in [0.4, 0.5) is 0 Å². The number of hydrogen-bond donors (Lipinski definition) is 0. The van der Waals surface area contributed by atoms with Crippen molar-refractivity contribution in [3.63, 3.8) is 0 Å². The molecule has 0 aliphatic rings. The summed E-state index contributed by atoms with van der Waals surface area (Å²) in [6, 6.07) is 0. The number of hydrogen-bond acceptors (Lipinski definition) is 2. The Morgan fingerprint density at radius 3 is 2.38 bits per heavy atom. The molecule has 0 bridgehead atoms. The van der Waals surface area contributed by atoms with E-state index < -0.39 is 0 Å². The van der Waals surface area contributed by atoms with Gasteiger partial charge in [-0.25, -0.2) is 0 Å². The van der Waals surface area contributed by atoms with Gasteiger partial charge in [0.05, 0.1) is 6.10 Å². The molecule has 1 aromatic rings. The van der Waals surface area contributed by atoms with E-state index in [-0.39, 0.29) is 6.10 Å². The lowest BCUT2D eigenvalue weighted by Gasteiger charge is -2.09. The molecule has 1 rings (SSSR count). The summed E-state index contributed by atoms with van der Waals surface area (Å²) in [4.78, 5) is 0. The molecule has 0 aliphatic heterocycles. The molecule has 0 unspecified atom stereocenters. The molecule has 0 saturated heterocycles. The Morgan fingerprint density at radius 2 is 1.92 bits per heavy atom. The fourth-order valence-electron chi connectivity index (χ4n) is 1.20. The molecule has 1 heterocycles. The number of nitrogens with zero attached hydrogens (tertiary/aromatic N) is 2. The molecule has 0 saturated carbocycles. The Morgan fingerprint density at radius 1 is 1.31 bits per heavy atom. The molecule has 13 heavy (non-hydrogen) atoms. The normalized spacial score (nSPS) is 11.3. The molecule has 3 nitrogen and oxygen atoms in total. The second-order valence-corrected chi connectivity index (χ2v) is 3.88. The van der Waals surface area contributed by atoms with Crippen LogP contribution in [0.25, 0.3) is 0 Å². The fraction of sp³-hybridized carbons (Fsp3) is 0.700. The van der Waals surface area contributed by atoms with Crippen LogP contribution in [-0.2, 0) is 7.05 Å². The van der Waals surface area contributed by atoms with Crippen molar-refractivity contribution >= 4 is 0 Å². The molecule has 0 amide bonds. The van der Waals surface area contributed by atoms with Crippen LogP contribution in [0.1, 0.15) is 39.2 Å². The van der Waals surface area contributed by atoms with Crippen LogP contribution in [-0.4, -0.2) is 15.9 Å². The lowest BCUT2D eigenvalue weighted by molar-refractivity contribution is 0.228. The van der Waals surface area contributed by atoms with E-state index in [9.17, 15) is 0 Å². The van der Waals surface area contributed by atoms with Crippen molar-refractivity contribution in [1.29, 1.82) is 0 Å². The highest BCUT2D eigenvalue weighted by atomic mass is 16.5. The number of ether oxygens (including phenoxy) is 1. The summed E-state index contributed by atoms with van der Waals surface area (Å²) in [5.74, 6) is 1.23. The Kier molecular flexibility index (Phi) is 2.96. The van der Waals surface area contributed by atoms with Gasteiger partial charge in [-0.05, 0) is 19.8 Å². The largest absolute Gasteiger partial charge is 0.474 e. The average Bonchev–Trinajstić information content (AvgIpc) is 2.29. The zero-order valence-corrected chi connectivity index (χ0v) is 9.03. The molecule has 0 radical (unpaired) electrons. The summed E-state index contributed by atoms with van der Waals surface area (Å²) in [7, 11) is 1.92. The number of rotatable bonds is 3. The maximum Gasteiger partial charge on any atom is 0.236 e. The summed E-state index contributed by atoms with van der Waals surface area (Å²) in [5, 5.41) is 4.27. The minimum atomic E-state index is 0.187. The van der Waals surface area contributed by atoms with Gasteiger partial charge >= 0.3 is 0 Å². The van der Waals surface area contributed by atoms with Crippen molar-refractivity contribution in [3.05, 3.63) is 11.8 Å². The van der Waals surface area contributed by atoms with E-state index in [2.05, 4.69) is 18.9 Å². The van der Waals surface area contributed by atoms with E-state index >= 15 is 0 Å². The first-order valence-electron chi connectivity index (χ1n) is 4.71. The van der Waals surface area contributed by atoms with Gasteiger partial charge in [-0.3, -0.25) is 4.68 Å².